The van der Waals surface area contributed by atoms with Crippen LogP contribution in [0.3, 0.4) is 0 Å². The topological polar surface area (TPSA) is 70.5 Å². The Morgan fingerprint density at radius 2 is 1.96 bits per heavy atom. The summed E-state index contributed by atoms with van der Waals surface area (Å²) in [6.07, 6.45) is 2.47. The first-order chi connectivity index (χ1) is 11.6. The number of piperazine rings is 1. The summed E-state index contributed by atoms with van der Waals surface area (Å²) in [4.78, 5) is 32.8. The molecule has 1 aromatic carbocycles. The highest BCUT2D eigenvalue weighted by atomic mass is 16.2. The third-order valence-electron chi connectivity index (χ3n) is 5.04. The molecule has 24 heavy (non-hydrogen) atoms. The molecule has 2 saturated heterocycles. The Balaban J connectivity index is 1.51. The normalized spacial score (nSPS) is 22.1. The molecule has 2 aliphatic heterocycles. The fourth-order valence-corrected chi connectivity index (χ4v) is 3.62. The predicted octanol–water partition coefficient (Wildman–Crippen LogP) is -0.0560. The number of hydrogen-bond acceptors (Lipinski definition) is 5. The van der Waals surface area contributed by atoms with Gasteiger partial charge in [-0.2, -0.15) is 0 Å². The van der Waals surface area contributed by atoms with Gasteiger partial charge in [0.15, 0.2) is 0 Å². The fourth-order valence-electron chi connectivity index (χ4n) is 3.62. The predicted molar refractivity (Wildman–Crippen MR) is 92.2 cm³/mol. The van der Waals surface area contributed by atoms with E-state index in [4.69, 9.17) is 0 Å². The monoisotopic (exact) mass is 327 g/mol. The summed E-state index contributed by atoms with van der Waals surface area (Å²) in [6.45, 7) is 4.29. The Morgan fingerprint density at radius 3 is 2.67 bits per heavy atom. The Kier molecular flexibility index (Phi) is 3.72. The summed E-state index contributed by atoms with van der Waals surface area (Å²) in [5.41, 5.74) is 1.79. The Morgan fingerprint density at radius 1 is 1.17 bits per heavy atom. The molecule has 0 bridgehead atoms. The summed E-state index contributed by atoms with van der Waals surface area (Å²) >= 11 is 0. The van der Waals surface area contributed by atoms with Crippen molar-refractivity contribution in [1.82, 2.24) is 19.8 Å². The van der Waals surface area contributed by atoms with Crippen molar-refractivity contribution in [3.8, 4) is 0 Å². The van der Waals surface area contributed by atoms with Gasteiger partial charge in [0.2, 0.25) is 5.91 Å². The minimum atomic E-state index is -0.0244. The highest BCUT2D eigenvalue weighted by Crippen LogP contribution is 2.22. The molecule has 7 nitrogen and oxygen atoms in total. The van der Waals surface area contributed by atoms with Crippen LogP contribution in [-0.4, -0.2) is 59.1 Å². The van der Waals surface area contributed by atoms with Crippen LogP contribution in [0.15, 0.2) is 29.3 Å². The number of fused-ring (bicyclic) bond motifs is 1. The van der Waals surface area contributed by atoms with Crippen LogP contribution >= 0.6 is 0 Å². The number of carbonyl (C=O) groups is 1. The largest absolute Gasteiger partial charge is 0.369 e. The quantitative estimate of drug-likeness (QED) is 0.837. The molecule has 126 valence electrons. The molecule has 0 aliphatic carbocycles. The molecule has 0 radical (unpaired) electrons. The zero-order valence-electron chi connectivity index (χ0n) is 13.7. The number of nitrogens with one attached hydrogen (secondary N) is 1. The zero-order valence-corrected chi connectivity index (χ0v) is 13.7. The average Bonchev–Trinajstić information content (AvgIpc) is 3.04. The molecule has 1 N–H and O–H groups in total. The van der Waals surface area contributed by atoms with E-state index in [0.29, 0.717) is 5.39 Å². The highest BCUT2D eigenvalue weighted by molar-refractivity contribution is 5.84. The molecular weight excluding hydrogens is 306 g/mol. The molecule has 7 heteroatoms. The second-order valence-electron chi connectivity index (χ2n) is 6.48. The Hall–Kier alpha value is -2.41. The van der Waals surface area contributed by atoms with E-state index in [1.807, 2.05) is 18.2 Å². The summed E-state index contributed by atoms with van der Waals surface area (Å²) in [5.74, 6) is 0.161. The van der Waals surface area contributed by atoms with Gasteiger partial charge in [-0.05, 0) is 24.6 Å². The molecule has 1 amide bonds. The van der Waals surface area contributed by atoms with Gasteiger partial charge >= 0.3 is 0 Å². The number of carbonyl (C=O) groups excluding carboxylic acids is 1. The maximum atomic E-state index is 12.1. The van der Waals surface area contributed by atoms with E-state index in [0.717, 1.165) is 50.3 Å². The fraction of sp³-hybridized carbons (Fsp3) is 0.471. The number of benzene rings is 1. The molecule has 2 fully saturated rings. The van der Waals surface area contributed by atoms with Crippen molar-refractivity contribution >= 4 is 22.5 Å². The molecule has 0 spiro atoms. The van der Waals surface area contributed by atoms with Gasteiger partial charge in [0, 0.05) is 45.5 Å². The van der Waals surface area contributed by atoms with Crippen molar-refractivity contribution in [3.63, 3.8) is 0 Å². The standard InChI is InChI=1S/C17H21N5O2/c1-20-11-19-14-10-12(2-3-13(14)17(20)24)21-6-8-22(9-7-21)15-4-5-18-16(15)23/h2-3,10-11,15H,4-9H2,1H3,(H,18,23). The van der Waals surface area contributed by atoms with Crippen molar-refractivity contribution < 1.29 is 4.79 Å². The molecule has 2 aromatic rings. The van der Waals surface area contributed by atoms with Gasteiger partial charge in [0.1, 0.15) is 0 Å². The lowest BCUT2D eigenvalue weighted by molar-refractivity contribution is -0.123. The van der Waals surface area contributed by atoms with Gasteiger partial charge in [-0.3, -0.25) is 14.5 Å². The number of aryl methyl sites for hydroxylation is 1. The van der Waals surface area contributed by atoms with Crippen molar-refractivity contribution in [2.75, 3.05) is 37.6 Å². The molecule has 2 aliphatic rings. The second kappa shape index (κ2) is 5.90. The molecule has 1 unspecified atom stereocenters. The van der Waals surface area contributed by atoms with Gasteiger partial charge < -0.3 is 14.8 Å². The van der Waals surface area contributed by atoms with Crippen LogP contribution < -0.4 is 15.8 Å². The van der Waals surface area contributed by atoms with E-state index in [1.165, 1.54) is 4.57 Å². The minimum Gasteiger partial charge on any atom is -0.369 e. The minimum absolute atomic E-state index is 0.0244. The zero-order chi connectivity index (χ0) is 16.7. The van der Waals surface area contributed by atoms with Gasteiger partial charge in [-0.1, -0.05) is 0 Å². The molecule has 4 rings (SSSR count). The van der Waals surface area contributed by atoms with E-state index in [1.54, 1.807) is 13.4 Å². The molecule has 0 saturated carbocycles. The molecular formula is C17H21N5O2. The third kappa shape index (κ3) is 2.54. The number of nitrogens with zero attached hydrogens (tertiary/aromatic N) is 4. The van der Waals surface area contributed by atoms with Crippen LogP contribution in [0.1, 0.15) is 6.42 Å². The van der Waals surface area contributed by atoms with Gasteiger partial charge in [-0.25, -0.2) is 4.98 Å². The van der Waals surface area contributed by atoms with E-state index >= 15 is 0 Å². The summed E-state index contributed by atoms with van der Waals surface area (Å²) < 4.78 is 1.49. The number of hydrogen-bond donors (Lipinski definition) is 1. The smallest absolute Gasteiger partial charge is 0.260 e. The van der Waals surface area contributed by atoms with Crippen LogP contribution in [-0.2, 0) is 11.8 Å². The van der Waals surface area contributed by atoms with Crippen molar-refractivity contribution in [2.24, 2.45) is 7.05 Å². The first kappa shape index (κ1) is 15.1. The third-order valence-corrected chi connectivity index (χ3v) is 5.04. The van der Waals surface area contributed by atoms with Crippen LogP contribution in [0, 0.1) is 0 Å². The Labute approximate surface area is 139 Å². The van der Waals surface area contributed by atoms with E-state index < -0.39 is 0 Å². The maximum absolute atomic E-state index is 12.1. The van der Waals surface area contributed by atoms with E-state index in [2.05, 4.69) is 20.1 Å². The number of aromatic nitrogens is 2. The first-order valence-corrected chi connectivity index (χ1v) is 8.35. The van der Waals surface area contributed by atoms with Crippen LogP contribution in [0.4, 0.5) is 5.69 Å². The summed E-state index contributed by atoms with van der Waals surface area (Å²) in [6, 6.07) is 5.86. The van der Waals surface area contributed by atoms with Gasteiger partial charge in [-0.15, -0.1) is 0 Å². The highest BCUT2D eigenvalue weighted by Gasteiger charge is 2.32. The van der Waals surface area contributed by atoms with Crippen LogP contribution in [0.2, 0.25) is 0 Å². The van der Waals surface area contributed by atoms with Crippen molar-refractivity contribution in [3.05, 3.63) is 34.9 Å². The van der Waals surface area contributed by atoms with Gasteiger partial charge in [0.25, 0.3) is 5.56 Å². The molecule has 1 atom stereocenters. The van der Waals surface area contributed by atoms with Crippen molar-refractivity contribution in [1.29, 1.82) is 0 Å². The van der Waals surface area contributed by atoms with E-state index in [9.17, 15) is 9.59 Å². The molecule has 1 aromatic heterocycles. The van der Waals surface area contributed by atoms with Gasteiger partial charge in [0.05, 0.1) is 23.3 Å². The lowest BCUT2D eigenvalue weighted by Crippen LogP contribution is -2.52. The lowest BCUT2D eigenvalue weighted by atomic mass is 10.1. The molecule has 3 heterocycles. The summed E-state index contributed by atoms with van der Waals surface area (Å²) in [7, 11) is 1.71. The SMILES string of the molecule is Cn1cnc2cc(N3CCN(C4CCNC4=O)CC3)ccc2c1=O. The number of anilines is 1. The lowest BCUT2D eigenvalue weighted by Gasteiger charge is -2.38. The Bertz CT molecular complexity index is 838. The number of amides is 1. The van der Waals surface area contributed by atoms with Crippen molar-refractivity contribution in [2.45, 2.75) is 12.5 Å². The first-order valence-electron chi connectivity index (χ1n) is 8.35. The summed E-state index contributed by atoms with van der Waals surface area (Å²) in [5, 5.41) is 3.55. The van der Waals surface area contributed by atoms with Crippen LogP contribution in [0.25, 0.3) is 10.9 Å². The van der Waals surface area contributed by atoms with Crippen LogP contribution in [0.5, 0.6) is 0 Å². The maximum Gasteiger partial charge on any atom is 0.260 e. The average molecular weight is 327 g/mol. The number of rotatable bonds is 2. The van der Waals surface area contributed by atoms with E-state index in [-0.39, 0.29) is 17.5 Å². The second-order valence-corrected chi connectivity index (χ2v) is 6.48.